The highest BCUT2D eigenvalue weighted by molar-refractivity contribution is 5.94. The SMILES string of the molecule is CC1(C)C(NC(=O)c2ccc(OCCN3CCNCC3)cc2)C(C)(C)C1Oc1ccc(C#N)c(C(F)(F)F)c1. The van der Waals surface area contributed by atoms with E-state index in [4.69, 9.17) is 14.7 Å². The fourth-order valence-corrected chi connectivity index (χ4v) is 6.01. The summed E-state index contributed by atoms with van der Waals surface area (Å²) in [6.45, 7) is 13.1. The lowest BCUT2D eigenvalue weighted by molar-refractivity contribution is -0.164. The summed E-state index contributed by atoms with van der Waals surface area (Å²) < 4.78 is 52.1. The van der Waals surface area contributed by atoms with E-state index in [2.05, 4.69) is 15.5 Å². The van der Waals surface area contributed by atoms with Crippen LogP contribution in [0.25, 0.3) is 0 Å². The van der Waals surface area contributed by atoms with E-state index in [-0.39, 0.29) is 17.7 Å². The van der Waals surface area contributed by atoms with E-state index in [1.165, 1.54) is 6.07 Å². The molecule has 0 unspecified atom stereocenters. The van der Waals surface area contributed by atoms with Gasteiger partial charge in [-0.2, -0.15) is 18.4 Å². The smallest absolute Gasteiger partial charge is 0.417 e. The van der Waals surface area contributed by atoms with Crippen molar-refractivity contribution in [3.05, 3.63) is 59.2 Å². The number of nitrogens with one attached hydrogen (secondary N) is 2. The molecule has 39 heavy (non-hydrogen) atoms. The first-order valence-electron chi connectivity index (χ1n) is 13.1. The van der Waals surface area contributed by atoms with Gasteiger partial charge >= 0.3 is 6.18 Å². The van der Waals surface area contributed by atoms with E-state index >= 15 is 0 Å². The molecule has 2 aromatic rings. The van der Waals surface area contributed by atoms with Crippen molar-refractivity contribution in [2.24, 2.45) is 10.8 Å². The molecule has 0 atom stereocenters. The summed E-state index contributed by atoms with van der Waals surface area (Å²) in [7, 11) is 0. The minimum atomic E-state index is -4.67. The summed E-state index contributed by atoms with van der Waals surface area (Å²) in [5.74, 6) is 0.481. The molecule has 1 heterocycles. The number of nitriles is 1. The molecule has 7 nitrogen and oxygen atoms in total. The Bertz CT molecular complexity index is 1200. The molecule has 1 saturated heterocycles. The molecule has 2 N–H and O–H groups in total. The molecule has 2 aliphatic rings. The largest absolute Gasteiger partial charge is 0.492 e. The van der Waals surface area contributed by atoms with Crippen molar-refractivity contribution in [3.63, 3.8) is 0 Å². The third-order valence-electron chi connectivity index (χ3n) is 7.79. The summed E-state index contributed by atoms with van der Waals surface area (Å²) in [5, 5.41) is 15.5. The molecule has 10 heteroatoms. The number of hydrogen-bond donors (Lipinski definition) is 2. The minimum absolute atomic E-state index is 0.0322. The Kier molecular flexibility index (Phi) is 8.14. The lowest BCUT2D eigenvalue weighted by Crippen LogP contribution is -2.74. The van der Waals surface area contributed by atoms with Gasteiger partial charge in [-0.25, -0.2) is 0 Å². The number of hydrogen-bond acceptors (Lipinski definition) is 6. The molecule has 1 amide bonds. The van der Waals surface area contributed by atoms with E-state index in [1.807, 2.05) is 27.7 Å². The van der Waals surface area contributed by atoms with Crippen molar-refractivity contribution in [3.8, 4) is 17.6 Å². The van der Waals surface area contributed by atoms with Crippen molar-refractivity contribution >= 4 is 5.91 Å². The first kappa shape index (κ1) is 28.7. The molecule has 2 aromatic carbocycles. The van der Waals surface area contributed by atoms with Crippen LogP contribution in [0, 0.1) is 22.2 Å². The van der Waals surface area contributed by atoms with Gasteiger partial charge in [0, 0.05) is 55.2 Å². The lowest BCUT2D eigenvalue weighted by atomic mass is 9.49. The Labute approximate surface area is 227 Å². The maximum Gasteiger partial charge on any atom is 0.417 e. The molecule has 1 saturated carbocycles. The number of piperazine rings is 1. The highest BCUT2D eigenvalue weighted by atomic mass is 19.4. The number of ether oxygens (including phenoxy) is 2. The Hall–Kier alpha value is -3.29. The Balaban J connectivity index is 1.36. The number of rotatable bonds is 8. The molecule has 0 aromatic heterocycles. The number of benzene rings is 2. The summed E-state index contributed by atoms with van der Waals surface area (Å²) in [6, 6.07) is 11.6. The second kappa shape index (κ2) is 11.1. The number of carbonyl (C=O) groups excluding carboxylic acids is 1. The number of halogens is 3. The number of amides is 1. The monoisotopic (exact) mass is 544 g/mol. The zero-order valence-electron chi connectivity index (χ0n) is 22.7. The molecule has 0 radical (unpaired) electrons. The molecular weight excluding hydrogens is 509 g/mol. The second-order valence-corrected chi connectivity index (χ2v) is 11.3. The average Bonchev–Trinajstić information content (AvgIpc) is 2.90. The third-order valence-corrected chi connectivity index (χ3v) is 7.79. The van der Waals surface area contributed by atoms with Gasteiger partial charge in [0.05, 0.1) is 17.2 Å². The molecule has 4 rings (SSSR count). The van der Waals surface area contributed by atoms with Gasteiger partial charge in [-0.1, -0.05) is 27.7 Å². The minimum Gasteiger partial charge on any atom is -0.492 e. The van der Waals surface area contributed by atoms with Crippen molar-refractivity contribution < 1.29 is 27.4 Å². The number of carbonyl (C=O) groups is 1. The predicted octanol–water partition coefficient (Wildman–Crippen LogP) is 4.47. The van der Waals surface area contributed by atoms with Crippen LogP contribution in [-0.4, -0.2) is 62.3 Å². The number of nitrogens with zero attached hydrogens (tertiary/aromatic N) is 2. The Morgan fingerprint density at radius 2 is 1.69 bits per heavy atom. The maximum absolute atomic E-state index is 13.4. The van der Waals surface area contributed by atoms with E-state index < -0.39 is 34.2 Å². The van der Waals surface area contributed by atoms with Gasteiger partial charge in [0.1, 0.15) is 24.2 Å². The summed E-state index contributed by atoms with van der Waals surface area (Å²) >= 11 is 0. The second-order valence-electron chi connectivity index (χ2n) is 11.3. The van der Waals surface area contributed by atoms with Crippen molar-refractivity contribution in [2.75, 3.05) is 39.3 Å². The van der Waals surface area contributed by atoms with Crippen LogP contribution >= 0.6 is 0 Å². The summed E-state index contributed by atoms with van der Waals surface area (Å²) in [6.07, 6.45) is -5.15. The fourth-order valence-electron chi connectivity index (χ4n) is 6.01. The first-order valence-corrected chi connectivity index (χ1v) is 13.1. The molecule has 0 spiro atoms. The zero-order chi connectivity index (χ0) is 28.4. The Morgan fingerprint density at radius 3 is 2.28 bits per heavy atom. The average molecular weight is 545 g/mol. The van der Waals surface area contributed by atoms with Gasteiger partial charge < -0.3 is 20.1 Å². The van der Waals surface area contributed by atoms with Gasteiger partial charge in [0.2, 0.25) is 0 Å². The van der Waals surface area contributed by atoms with Crippen molar-refractivity contribution in [2.45, 2.75) is 46.0 Å². The Morgan fingerprint density at radius 1 is 1.08 bits per heavy atom. The lowest BCUT2D eigenvalue weighted by Gasteiger charge is -2.63. The summed E-state index contributed by atoms with van der Waals surface area (Å²) in [4.78, 5) is 15.4. The van der Waals surface area contributed by atoms with E-state index in [0.717, 1.165) is 44.9 Å². The van der Waals surface area contributed by atoms with Crippen LogP contribution in [0.5, 0.6) is 11.5 Å². The quantitative estimate of drug-likeness (QED) is 0.510. The highest BCUT2D eigenvalue weighted by Crippen LogP contribution is 2.55. The van der Waals surface area contributed by atoms with Crippen LogP contribution in [0.4, 0.5) is 13.2 Å². The highest BCUT2D eigenvalue weighted by Gasteiger charge is 2.64. The zero-order valence-corrected chi connectivity index (χ0v) is 22.7. The van der Waals surface area contributed by atoms with Gasteiger partial charge in [0.15, 0.2) is 0 Å². The summed E-state index contributed by atoms with van der Waals surface area (Å²) in [5.41, 5.74) is -2.14. The van der Waals surface area contributed by atoms with Crippen LogP contribution in [0.3, 0.4) is 0 Å². The van der Waals surface area contributed by atoms with Gasteiger partial charge in [0.25, 0.3) is 5.91 Å². The van der Waals surface area contributed by atoms with Crippen molar-refractivity contribution in [1.29, 1.82) is 5.26 Å². The van der Waals surface area contributed by atoms with E-state index in [9.17, 15) is 18.0 Å². The predicted molar refractivity (Wildman–Crippen MR) is 141 cm³/mol. The van der Waals surface area contributed by atoms with Gasteiger partial charge in [-0.3, -0.25) is 9.69 Å². The topological polar surface area (TPSA) is 86.6 Å². The van der Waals surface area contributed by atoms with Crippen LogP contribution in [0.15, 0.2) is 42.5 Å². The standard InChI is InChI=1S/C29H35F3N4O3/c1-27(2)25(28(3,4)26(27)39-22-10-7-20(18-33)23(17-22)29(30,31)32)35-24(37)19-5-8-21(9-6-19)38-16-15-36-13-11-34-12-14-36/h5-10,17,25-26,34H,11-16H2,1-4H3,(H,35,37). The molecule has 210 valence electrons. The fraction of sp³-hybridized carbons (Fsp3) is 0.517. The normalized spacial score (nSPS) is 22.3. The van der Waals surface area contributed by atoms with Crippen LogP contribution in [0.2, 0.25) is 0 Å². The first-order chi connectivity index (χ1) is 18.3. The van der Waals surface area contributed by atoms with E-state index in [0.29, 0.717) is 17.9 Å². The maximum atomic E-state index is 13.4. The van der Waals surface area contributed by atoms with Gasteiger partial charge in [-0.15, -0.1) is 0 Å². The van der Waals surface area contributed by atoms with E-state index in [1.54, 1.807) is 30.3 Å². The van der Waals surface area contributed by atoms with Crippen LogP contribution < -0.4 is 20.1 Å². The van der Waals surface area contributed by atoms with Crippen LogP contribution in [0.1, 0.15) is 49.2 Å². The molecule has 1 aliphatic carbocycles. The van der Waals surface area contributed by atoms with Crippen molar-refractivity contribution in [1.82, 2.24) is 15.5 Å². The molecule has 2 fully saturated rings. The molecule has 1 aliphatic heterocycles. The number of alkyl halides is 3. The van der Waals surface area contributed by atoms with Gasteiger partial charge in [-0.05, 0) is 42.5 Å². The van der Waals surface area contributed by atoms with Crippen LogP contribution in [-0.2, 0) is 6.18 Å². The third kappa shape index (κ3) is 6.15. The molecular formula is C29H35F3N4O3. The molecule has 0 bridgehead atoms.